The minimum Gasteiger partial charge on any atom is -0.478 e. The van der Waals surface area contributed by atoms with Gasteiger partial charge in [0.05, 0.1) is 21.9 Å². The fourth-order valence-electron chi connectivity index (χ4n) is 2.21. The maximum absolute atomic E-state index is 11.9. The number of carbonyl (C=O) groups is 1. The van der Waals surface area contributed by atoms with E-state index in [2.05, 4.69) is 20.4 Å². The highest BCUT2D eigenvalue weighted by Crippen LogP contribution is 2.28. The highest BCUT2D eigenvalue weighted by molar-refractivity contribution is 5.88. The van der Waals surface area contributed by atoms with E-state index in [-0.39, 0.29) is 22.6 Å². The van der Waals surface area contributed by atoms with Gasteiger partial charge in [-0.1, -0.05) is 6.07 Å². The lowest BCUT2D eigenvalue weighted by Gasteiger charge is -1.99. The smallest absolute Gasteiger partial charge is 0.335 e. The molecule has 0 fully saturated rings. The Morgan fingerprint density at radius 1 is 1.08 bits per heavy atom. The van der Waals surface area contributed by atoms with Crippen LogP contribution in [0.3, 0.4) is 0 Å². The second kappa shape index (κ2) is 6.81. The number of rotatable bonds is 5. The van der Waals surface area contributed by atoms with Crippen LogP contribution in [-0.4, -0.2) is 26.2 Å². The van der Waals surface area contributed by atoms with Gasteiger partial charge >= 0.3 is 5.97 Å². The molecule has 10 nitrogen and oxygen atoms in total. The molecular formula is C16H11N5O5. The van der Waals surface area contributed by atoms with Crippen molar-refractivity contribution in [3.05, 3.63) is 74.6 Å². The van der Waals surface area contributed by atoms with Gasteiger partial charge in [0.15, 0.2) is 5.69 Å². The van der Waals surface area contributed by atoms with Crippen molar-refractivity contribution >= 4 is 23.0 Å². The van der Waals surface area contributed by atoms with E-state index in [9.17, 15) is 19.7 Å². The molecule has 0 radical (unpaired) electrons. The molecule has 1 aromatic heterocycles. The van der Waals surface area contributed by atoms with Gasteiger partial charge in [-0.15, -0.1) is 5.11 Å². The first-order valence-electron chi connectivity index (χ1n) is 7.26. The van der Waals surface area contributed by atoms with Crippen molar-refractivity contribution in [2.24, 2.45) is 10.2 Å². The minimum atomic E-state index is -1.10. The molecule has 3 rings (SSSR count). The monoisotopic (exact) mass is 353 g/mol. The zero-order valence-corrected chi connectivity index (χ0v) is 13.0. The van der Waals surface area contributed by atoms with Gasteiger partial charge < -0.3 is 5.11 Å². The van der Waals surface area contributed by atoms with Gasteiger partial charge in [0.2, 0.25) is 0 Å². The zero-order chi connectivity index (χ0) is 18.7. The first kappa shape index (κ1) is 16.8. The molecule has 0 amide bonds. The first-order valence-corrected chi connectivity index (χ1v) is 7.26. The summed E-state index contributed by atoms with van der Waals surface area (Å²) in [6, 6.07) is 11.3. The third-order valence-electron chi connectivity index (χ3n) is 3.48. The second-order valence-corrected chi connectivity index (χ2v) is 5.16. The van der Waals surface area contributed by atoms with E-state index >= 15 is 0 Å². The van der Waals surface area contributed by atoms with Crippen molar-refractivity contribution in [2.45, 2.75) is 0 Å². The number of non-ortho nitro benzene ring substituents is 1. The van der Waals surface area contributed by atoms with Crippen LogP contribution in [0.5, 0.6) is 0 Å². The molecule has 3 N–H and O–H groups in total. The number of hydrogen-bond donors (Lipinski definition) is 3. The Kier molecular flexibility index (Phi) is 4.39. The summed E-state index contributed by atoms with van der Waals surface area (Å²) in [5.74, 6) is -1.10. The van der Waals surface area contributed by atoms with Crippen molar-refractivity contribution in [3.63, 3.8) is 0 Å². The Balaban J connectivity index is 1.95. The Hall–Kier alpha value is -4.08. The van der Waals surface area contributed by atoms with Crippen molar-refractivity contribution < 1.29 is 14.8 Å². The molecule has 0 aliphatic heterocycles. The van der Waals surface area contributed by atoms with Crippen LogP contribution in [0.1, 0.15) is 10.4 Å². The largest absolute Gasteiger partial charge is 0.478 e. The average molecular weight is 353 g/mol. The van der Waals surface area contributed by atoms with E-state index in [1.165, 1.54) is 42.5 Å². The van der Waals surface area contributed by atoms with Crippen LogP contribution in [0.2, 0.25) is 0 Å². The lowest BCUT2D eigenvalue weighted by molar-refractivity contribution is -0.384. The summed E-state index contributed by atoms with van der Waals surface area (Å²) < 4.78 is 0. The minimum absolute atomic E-state index is 0.0282. The predicted octanol–water partition coefficient (Wildman–Crippen LogP) is 3.39. The maximum Gasteiger partial charge on any atom is 0.335 e. The van der Waals surface area contributed by atoms with Gasteiger partial charge in [0.25, 0.3) is 11.2 Å². The summed E-state index contributed by atoms with van der Waals surface area (Å²) in [6.07, 6.45) is 0. The molecule has 0 aliphatic carbocycles. The molecule has 0 aliphatic rings. The molecule has 26 heavy (non-hydrogen) atoms. The molecule has 0 unspecified atom stereocenters. The lowest BCUT2D eigenvalue weighted by atomic mass is 10.1. The van der Waals surface area contributed by atoms with Crippen LogP contribution in [0.4, 0.5) is 17.1 Å². The van der Waals surface area contributed by atoms with Crippen LogP contribution >= 0.6 is 0 Å². The fraction of sp³-hybridized carbons (Fsp3) is 0. The first-order chi connectivity index (χ1) is 12.5. The highest BCUT2D eigenvalue weighted by atomic mass is 16.6. The van der Waals surface area contributed by atoms with Crippen molar-refractivity contribution in [3.8, 4) is 11.3 Å². The van der Waals surface area contributed by atoms with E-state index in [1.54, 1.807) is 6.07 Å². The van der Waals surface area contributed by atoms with Crippen LogP contribution in [0.15, 0.2) is 63.6 Å². The topological polar surface area (TPSA) is 154 Å². The number of nitro benzene ring substituents is 1. The number of aromatic carboxylic acids is 1. The van der Waals surface area contributed by atoms with Gasteiger partial charge in [-0.2, -0.15) is 5.11 Å². The van der Waals surface area contributed by atoms with Gasteiger partial charge in [-0.25, -0.2) is 4.79 Å². The molecule has 3 aromatic rings. The lowest BCUT2D eigenvalue weighted by Crippen LogP contribution is -1.96. The van der Waals surface area contributed by atoms with Crippen LogP contribution in [0.25, 0.3) is 11.3 Å². The van der Waals surface area contributed by atoms with Gasteiger partial charge in [0, 0.05) is 17.7 Å². The molecule has 0 saturated carbocycles. The number of benzene rings is 2. The Labute approximate surface area is 145 Å². The summed E-state index contributed by atoms with van der Waals surface area (Å²) in [6.45, 7) is 0. The number of aromatic nitrogens is 2. The summed E-state index contributed by atoms with van der Waals surface area (Å²) in [7, 11) is 0. The number of carboxylic acid groups (broad SMARTS) is 1. The van der Waals surface area contributed by atoms with Gasteiger partial charge in [-0.05, 0) is 30.3 Å². The van der Waals surface area contributed by atoms with E-state index in [4.69, 9.17) is 5.11 Å². The maximum atomic E-state index is 11.9. The number of azo groups is 1. The van der Waals surface area contributed by atoms with Crippen molar-refractivity contribution in [2.75, 3.05) is 0 Å². The van der Waals surface area contributed by atoms with E-state index in [0.29, 0.717) is 11.3 Å². The number of nitro groups is 1. The summed E-state index contributed by atoms with van der Waals surface area (Å²) in [5, 5.41) is 32.5. The number of hydrogen-bond acceptors (Lipinski definition) is 6. The standard InChI is InChI=1S/C16H11N5O5/c22-15-14(19-17-11-3-1-2-10(8-11)16(23)24)13(18-20-15)9-4-6-12(7-5-9)21(25)26/h1-8H,(H,23,24)(H2,18,20,22). The quantitative estimate of drug-likeness (QED) is 0.364. The second-order valence-electron chi connectivity index (χ2n) is 5.16. The molecule has 10 heteroatoms. The molecule has 0 atom stereocenters. The van der Waals surface area contributed by atoms with E-state index < -0.39 is 16.5 Å². The number of carboxylic acids is 1. The molecular weight excluding hydrogens is 342 g/mol. The average Bonchev–Trinajstić information content (AvgIpc) is 3.01. The van der Waals surface area contributed by atoms with Crippen molar-refractivity contribution in [1.82, 2.24) is 10.2 Å². The van der Waals surface area contributed by atoms with E-state index in [1.807, 2.05) is 0 Å². The SMILES string of the molecule is O=C(O)c1cccc(N=Nc2c(-c3ccc([N+](=O)[O-])cc3)[nH][nH]c2=O)c1. The number of H-pyrrole nitrogens is 2. The number of aromatic amines is 2. The number of nitrogens with one attached hydrogen (secondary N) is 2. The van der Waals surface area contributed by atoms with Crippen LogP contribution in [0, 0.1) is 10.1 Å². The third kappa shape index (κ3) is 3.38. The van der Waals surface area contributed by atoms with Crippen LogP contribution < -0.4 is 5.56 Å². The Bertz CT molecular complexity index is 1070. The zero-order valence-electron chi connectivity index (χ0n) is 13.0. The molecule has 2 aromatic carbocycles. The predicted molar refractivity (Wildman–Crippen MR) is 91.1 cm³/mol. The third-order valence-corrected chi connectivity index (χ3v) is 3.48. The fourth-order valence-corrected chi connectivity index (χ4v) is 2.21. The Morgan fingerprint density at radius 2 is 1.81 bits per heavy atom. The normalized spacial score (nSPS) is 10.9. The molecule has 1 heterocycles. The molecule has 130 valence electrons. The van der Waals surface area contributed by atoms with E-state index in [0.717, 1.165) is 0 Å². The highest BCUT2D eigenvalue weighted by Gasteiger charge is 2.13. The van der Waals surface area contributed by atoms with Gasteiger partial charge in [0.1, 0.15) is 0 Å². The molecule has 0 saturated heterocycles. The molecule has 0 bridgehead atoms. The Morgan fingerprint density at radius 3 is 2.46 bits per heavy atom. The summed E-state index contributed by atoms with van der Waals surface area (Å²) in [4.78, 5) is 33.1. The van der Waals surface area contributed by atoms with Crippen molar-refractivity contribution in [1.29, 1.82) is 0 Å². The summed E-state index contributed by atoms with van der Waals surface area (Å²) in [5.41, 5.74) is 0.474. The van der Waals surface area contributed by atoms with Gasteiger partial charge in [-0.3, -0.25) is 25.1 Å². The molecule has 0 spiro atoms. The summed E-state index contributed by atoms with van der Waals surface area (Å²) >= 11 is 0. The van der Waals surface area contributed by atoms with Crippen LogP contribution in [-0.2, 0) is 0 Å². The number of nitrogens with zero attached hydrogens (tertiary/aromatic N) is 3.